The van der Waals surface area contributed by atoms with Crippen molar-refractivity contribution in [3.63, 3.8) is 0 Å². The lowest BCUT2D eigenvalue weighted by atomic mass is 10.5. The third kappa shape index (κ3) is 3.53. The molecule has 2 aromatic rings. The summed E-state index contributed by atoms with van der Waals surface area (Å²) >= 11 is 0. The summed E-state index contributed by atoms with van der Waals surface area (Å²) in [5.41, 5.74) is 1.20. The summed E-state index contributed by atoms with van der Waals surface area (Å²) in [6, 6.07) is 0. The third-order valence-corrected chi connectivity index (χ3v) is 3.33. The number of anilines is 2. The van der Waals surface area contributed by atoms with E-state index in [2.05, 4.69) is 30.6 Å². The Hall–Kier alpha value is -1.90. The summed E-state index contributed by atoms with van der Waals surface area (Å²) in [4.78, 5) is 15.5. The molecule has 19 heavy (non-hydrogen) atoms. The van der Waals surface area contributed by atoms with Crippen LogP contribution in [0.1, 0.15) is 6.92 Å². The molecule has 0 aromatic carbocycles. The Balaban J connectivity index is 2.22. The highest BCUT2D eigenvalue weighted by Gasteiger charge is 2.10. The first-order valence-corrected chi connectivity index (χ1v) is 7.92. The minimum absolute atomic E-state index is 0.0448. The standard InChI is InChI=1S/C10H16N6O2S/c1-3-11-10-15-8(12-4-5-19(2,17)18)7-9(16-10)14-6-13-7/h6H,3-5H2,1-2H3,(H3,11,12,13,14,15,16). The van der Waals surface area contributed by atoms with Crippen molar-refractivity contribution in [3.05, 3.63) is 6.33 Å². The number of nitrogens with one attached hydrogen (secondary N) is 3. The number of hydrogen-bond donors (Lipinski definition) is 3. The van der Waals surface area contributed by atoms with Gasteiger partial charge >= 0.3 is 0 Å². The summed E-state index contributed by atoms with van der Waals surface area (Å²) in [6.07, 6.45) is 2.72. The lowest BCUT2D eigenvalue weighted by Crippen LogP contribution is -2.15. The van der Waals surface area contributed by atoms with E-state index in [0.717, 1.165) is 0 Å². The molecule has 0 bridgehead atoms. The Bertz CT molecular complexity index is 666. The highest BCUT2D eigenvalue weighted by molar-refractivity contribution is 7.90. The van der Waals surface area contributed by atoms with E-state index >= 15 is 0 Å². The second-order valence-electron chi connectivity index (χ2n) is 4.08. The van der Waals surface area contributed by atoms with E-state index in [0.29, 0.717) is 29.5 Å². The molecule has 0 fully saturated rings. The van der Waals surface area contributed by atoms with Crippen molar-refractivity contribution >= 4 is 32.8 Å². The summed E-state index contributed by atoms with van der Waals surface area (Å²) < 4.78 is 22.2. The van der Waals surface area contributed by atoms with Crippen LogP contribution >= 0.6 is 0 Å². The predicted octanol–water partition coefficient (Wildman–Crippen LogP) is 0.241. The molecule has 2 rings (SSSR count). The maximum Gasteiger partial charge on any atom is 0.226 e. The largest absolute Gasteiger partial charge is 0.367 e. The number of H-pyrrole nitrogens is 1. The van der Waals surface area contributed by atoms with Crippen molar-refractivity contribution in [3.8, 4) is 0 Å². The molecule has 0 aliphatic heterocycles. The van der Waals surface area contributed by atoms with E-state index in [1.807, 2.05) is 6.92 Å². The highest BCUT2D eigenvalue weighted by atomic mass is 32.2. The van der Waals surface area contributed by atoms with Crippen LogP contribution in [0.4, 0.5) is 11.8 Å². The second kappa shape index (κ2) is 5.39. The fourth-order valence-corrected chi connectivity index (χ4v) is 2.03. The molecule has 104 valence electrons. The quantitative estimate of drug-likeness (QED) is 0.696. The predicted molar refractivity (Wildman–Crippen MR) is 74.0 cm³/mol. The maximum absolute atomic E-state index is 11.1. The Morgan fingerprint density at radius 2 is 2.11 bits per heavy atom. The first-order chi connectivity index (χ1) is 8.99. The van der Waals surface area contributed by atoms with E-state index < -0.39 is 9.84 Å². The minimum Gasteiger partial charge on any atom is -0.367 e. The SMILES string of the molecule is CCNc1nc(NCCS(C)(=O)=O)c2[nH]cnc2n1. The van der Waals surface area contributed by atoms with E-state index in [9.17, 15) is 8.42 Å². The normalized spacial score (nSPS) is 11.7. The van der Waals surface area contributed by atoms with Crippen LogP contribution in [0.25, 0.3) is 11.2 Å². The van der Waals surface area contributed by atoms with E-state index in [1.165, 1.54) is 12.6 Å². The van der Waals surface area contributed by atoms with Gasteiger partial charge in [0.2, 0.25) is 5.95 Å². The molecule has 0 saturated carbocycles. The number of hydrogen-bond acceptors (Lipinski definition) is 7. The maximum atomic E-state index is 11.1. The molecular weight excluding hydrogens is 268 g/mol. The van der Waals surface area contributed by atoms with Gasteiger partial charge in [0.05, 0.1) is 12.1 Å². The average molecular weight is 284 g/mol. The van der Waals surface area contributed by atoms with Crippen molar-refractivity contribution in [2.24, 2.45) is 0 Å². The molecule has 2 heterocycles. The van der Waals surface area contributed by atoms with Gasteiger partial charge in [-0.25, -0.2) is 13.4 Å². The summed E-state index contributed by atoms with van der Waals surface area (Å²) in [5.74, 6) is 1.05. The Kier molecular flexibility index (Phi) is 3.84. The number of aromatic nitrogens is 4. The summed E-state index contributed by atoms with van der Waals surface area (Å²) in [7, 11) is -3.00. The molecule has 0 unspecified atom stereocenters. The number of nitrogens with zero attached hydrogens (tertiary/aromatic N) is 3. The van der Waals surface area contributed by atoms with Crippen LogP contribution in [0.15, 0.2) is 6.33 Å². The Morgan fingerprint density at radius 3 is 2.79 bits per heavy atom. The lowest BCUT2D eigenvalue weighted by Gasteiger charge is -2.08. The first-order valence-electron chi connectivity index (χ1n) is 5.86. The molecule has 0 aliphatic carbocycles. The Labute approximate surface area is 111 Å². The van der Waals surface area contributed by atoms with Gasteiger partial charge in [0.1, 0.15) is 15.4 Å². The summed E-state index contributed by atoms with van der Waals surface area (Å²) in [5, 5.41) is 5.99. The number of aromatic amines is 1. The number of fused-ring (bicyclic) bond motifs is 1. The third-order valence-electron chi connectivity index (χ3n) is 2.39. The van der Waals surface area contributed by atoms with Crippen LogP contribution in [0.2, 0.25) is 0 Å². The van der Waals surface area contributed by atoms with Gasteiger partial charge in [-0.1, -0.05) is 0 Å². The summed E-state index contributed by atoms with van der Waals surface area (Å²) in [6.45, 7) is 2.92. The zero-order valence-corrected chi connectivity index (χ0v) is 11.6. The second-order valence-corrected chi connectivity index (χ2v) is 6.34. The van der Waals surface area contributed by atoms with Gasteiger partial charge < -0.3 is 15.6 Å². The Morgan fingerprint density at radius 1 is 1.32 bits per heavy atom. The van der Waals surface area contributed by atoms with Crippen LogP contribution in [0, 0.1) is 0 Å². The molecule has 0 saturated heterocycles. The van der Waals surface area contributed by atoms with E-state index in [4.69, 9.17) is 0 Å². The van der Waals surface area contributed by atoms with Gasteiger partial charge in [-0.15, -0.1) is 0 Å². The van der Waals surface area contributed by atoms with Gasteiger partial charge in [0, 0.05) is 19.3 Å². The van der Waals surface area contributed by atoms with Crippen LogP contribution in [-0.2, 0) is 9.84 Å². The van der Waals surface area contributed by atoms with Crippen LogP contribution < -0.4 is 10.6 Å². The molecule has 0 aliphatic rings. The molecular formula is C10H16N6O2S. The van der Waals surface area contributed by atoms with Crippen LogP contribution in [-0.4, -0.2) is 53.5 Å². The monoisotopic (exact) mass is 284 g/mol. The topological polar surface area (TPSA) is 113 Å². The smallest absolute Gasteiger partial charge is 0.226 e. The van der Waals surface area contributed by atoms with Crippen LogP contribution in [0.5, 0.6) is 0 Å². The lowest BCUT2D eigenvalue weighted by molar-refractivity contribution is 0.602. The van der Waals surface area contributed by atoms with Gasteiger partial charge in [-0.3, -0.25) is 0 Å². The van der Waals surface area contributed by atoms with Gasteiger partial charge in [0.25, 0.3) is 0 Å². The van der Waals surface area contributed by atoms with Crippen molar-refractivity contribution in [1.29, 1.82) is 0 Å². The molecule has 3 N–H and O–H groups in total. The number of imidazole rings is 1. The van der Waals surface area contributed by atoms with Crippen molar-refractivity contribution in [2.45, 2.75) is 6.92 Å². The van der Waals surface area contributed by atoms with E-state index in [-0.39, 0.29) is 12.3 Å². The zero-order chi connectivity index (χ0) is 13.9. The molecule has 2 aromatic heterocycles. The fraction of sp³-hybridized carbons (Fsp3) is 0.500. The molecule has 9 heteroatoms. The molecule has 0 amide bonds. The molecule has 0 atom stereocenters. The van der Waals surface area contributed by atoms with Crippen LogP contribution in [0.3, 0.4) is 0 Å². The minimum atomic E-state index is -3.00. The zero-order valence-electron chi connectivity index (χ0n) is 10.8. The molecule has 0 spiro atoms. The average Bonchev–Trinajstić information content (AvgIpc) is 2.76. The van der Waals surface area contributed by atoms with E-state index in [1.54, 1.807) is 0 Å². The highest BCUT2D eigenvalue weighted by Crippen LogP contribution is 2.18. The van der Waals surface area contributed by atoms with Gasteiger partial charge in [-0.2, -0.15) is 9.97 Å². The van der Waals surface area contributed by atoms with Gasteiger partial charge in [0.15, 0.2) is 11.5 Å². The molecule has 0 radical (unpaired) electrons. The van der Waals surface area contributed by atoms with Crippen molar-refractivity contribution < 1.29 is 8.42 Å². The van der Waals surface area contributed by atoms with Crippen molar-refractivity contribution in [1.82, 2.24) is 19.9 Å². The first kappa shape index (κ1) is 13.5. The number of rotatable bonds is 6. The van der Waals surface area contributed by atoms with Gasteiger partial charge in [-0.05, 0) is 6.92 Å². The molecule has 8 nitrogen and oxygen atoms in total. The number of sulfone groups is 1. The fourth-order valence-electron chi connectivity index (χ4n) is 1.55. The van der Waals surface area contributed by atoms with Crippen molar-refractivity contribution in [2.75, 3.05) is 35.7 Å².